The summed E-state index contributed by atoms with van der Waals surface area (Å²) in [5, 5.41) is 13.6. The Morgan fingerprint density at radius 1 is 1.28 bits per heavy atom. The highest BCUT2D eigenvalue weighted by molar-refractivity contribution is 5.94. The normalized spacial score (nSPS) is 17.4. The summed E-state index contributed by atoms with van der Waals surface area (Å²) in [7, 11) is 1.39. The molecule has 10 nitrogen and oxygen atoms in total. The largest absolute Gasteiger partial charge is 0.457 e. The summed E-state index contributed by atoms with van der Waals surface area (Å²) in [6.07, 6.45) is 4.92. The van der Waals surface area contributed by atoms with Gasteiger partial charge in [-0.05, 0) is 42.7 Å². The van der Waals surface area contributed by atoms with Crippen molar-refractivity contribution in [2.24, 2.45) is 0 Å². The molecule has 0 spiro atoms. The minimum Gasteiger partial charge on any atom is -0.457 e. The molecule has 2 aromatic heterocycles. The zero-order chi connectivity index (χ0) is 25.4. The number of aryl methyl sites for hydroxylation is 1. The van der Waals surface area contributed by atoms with Crippen molar-refractivity contribution in [3.8, 4) is 11.9 Å². The van der Waals surface area contributed by atoms with Crippen LogP contribution in [0.3, 0.4) is 0 Å². The Balaban J connectivity index is 1.38. The molecular formula is C26H26N6O4. The Morgan fingerprint density at radius 2 is 2.11 bits per heavy atom. The smallest absolute Gasteiger partial charge is 0.410 e. The third kappa shape index (κ3) is 4.18. The van der Waals surface area contributed by atoms with Gasteiger partial charge in [0.1, 0.15) is 12.7 Å². The lowest BCUT2D eigenvalue weighted by molar-refractivity contribution is 0.0534. The van der Waals surface area contributed by atoms with Crippen LogP contribution in [0.5, 0.6) is 0 Å². The molecule has 0 aliphatic carbocycles. The van der Waals surface area contributed by atoms with Gasteiger partial charge in [-0.3, -0.25) is 9.80 Å². The van der Waals surface area contributed by atoms with Gasteiger partial charge >= 0.3 is 12.1 Å². The number of esters is 1. The highest BCUT2D eigenvalue weighted by atomic mass is 16.5. The van der Waals surface area contributed by atoms with Crippen LogP contribution >= 0.6 is 0 Å². The highest BCUT2D eigenvalue weighted by Gasteiger charge is 2.35. The zero-order valence-electron chi connectivity index (χ0n) is 20.4. The van der Waals surface area contributed by atoms with Crippen LogP contribution < -0.4 is 0 Å². The molecule has 184 valence electrons. The first-order chi connectivity index (χ1) is 17.4. The van der Waals surface area contributed by atoms with Gasteiger partial charge in [-0.1, -0.05) is 6.07 Å². The fraction of sp³-hybridized carbons (Fsp3) is 0.346. The molecule has 4 heterocycles. The molecule has 0 N–H and O–H groups in total. The van der Waals surface area contributed by atoms with E-state index in [0.29, 0.717) is 43.1 Å². The van der Waals surface area contributed by atoms with Crippen molar-refractivity contribution in [3.05, 3.63) is 75.7 Å². The topological polar surface area (TPSA) is 114 Å². The summed E-state index contributed by atoms with van der Waals surface area (Å²) < 4.78 is 12.0. The number of fused-ring (bicyclic) bond motifs is 1. The van der Waals surface area contributed by atoms with Crippen LogP contribution in [0, 0.1) is 25.2 Å². The highest BCUT2D eigenvalue weighted by Crippen LogP contribution is 2.34. The van der Waals surface area contributed by atoms with Crippen LogP contribution in [0.15, 0.2) is 36.8 Å². The summed E-state index contributed by atoms with van der Waals surface area (Å²) in [6, 6.07) is 7.44. The van der Waals surface area contributed by atoms with Crippen molar-refractivity contribution >= 4 is 12.1 Å². The van der Waals surface area contributed by atoms with Crippen LogP contribution in [0.4, 0.5) is 4.79 Å². The molecule has 1 aromatic carbocycles. The monoisotopic (exact) mass is 486 g/mol. The lowest BCUT2D eigenvalue weighted by Crippen LogP contribution is -2.50. The van der Waals surface area contributed by atoms with Crippen LogP contribution in [0.2, 0.25) is 0 Å². The van der Waals surface area contributed by atoms with Crippen molar-refractivity contribution in [2.75, 3.05) is 26.7 Å². The van der Waals surface area contributed by atoms with Gasteiger partial charge in [-0.15, -0.1) is 0 Å². The minimum absolute atomic E-state index is 0.231. The number of carbonyl (C=O) groups excluding carboxylic acids is 2. The van der Waals surface area contributed by atoms with E-state index in [1.54, 1.807) is 28.0 Å². The molecule has 1 fully saturated rings. The number of pyridine rings is 1. The molecule has 3 aromatic rings. The number of aromatic nitrogens is 3. The number of nitriles is 1. The SMILES string of the molecule is COC(=O)N1CCN(Cc2cnn(-c3cc(C)c(C#N)cn3)c2)C[C@H]1c1ccc2c(c1C)COC2=O. The molecule has 10 heteroatoms. The summed E-state index contributed by atoms with van der Waals surface area (Å²) in [6.45, 7) is 6.53. The van der Waals surface area contributed by atoms with E-state index < -0.39 is 0 Å². The van der Waals surface area contributed by atoms with E-state index in [1.165, 1.54) is 7.11 Å². The second-order valence-electron chi connectivity index (χ2n) is 9.06. The first kappa shape index (κ1) is 23.5. The maximum atomic E-state index is 12.6. The minimum atomic E-state index is -0.373. The Kier molecular flexibility index (Phi) is 6.16. The van der Waals surface area contributed by atoms with Crippen molar-refractivity contribution in [3.63, 3.8) is 0 Å². The number of amides is 1. The molecule has 2 aliphatic rings. The predicted molar refractivity (Wildman–Crippen MR) is 128 cm³/mol. The average Bonchev–Trinajstić information content (AvgIpc) is 3.51. The van der Waals surface area contributed by atoms with E-state index in [1.807, 2.05) is 32.2 Å². The van der Waals surface area contributed by atoms with E-state index in [-0.39, 0.29) is 24.7 Å². The van der Waals surface area contributed by atoms with Gasteiger partial charge in [-0.2, -0.15) is 10.4 Å². The molecular weight excluding hydrogens is 460 g/mol. The number of piperazine rings is 1. The van der Waals surface area contributed by atoms with Crippen molar-refractivity contribution in [1.82, 2.24) is 24.6 Å². The Labute approximate surface area is 208 Å². The maximum Gasteiger partial charge on any atom is 0.410 e. The molecule has 36 heavy (non-hydrogen) atoms. The molecule has 1 saturated heterocycles. The Hall–Kier alpha value is -4.23. The fourth-order valence-corrected chi connectivity index (χ4v) is 4.92. The molecule has 1 amide bonds. The zero-order valence-corrected chi connectivity index (χ0v) is 20.4. The average molecular weight is 487 g/mol. The number of ether oxygens (including phenoxy) is 2. The number of methoxy groups -OCH3 is 1. The number of rotatable bonds is 4. The molecule has 0 saturated carbocycles. The van der Waals surface area contributed by atoms with Crippen LogP contribution in [0.25, 0.3) is 5.82 Å². The number of nitrogens with zero attached hydrogens (tertiary/aromatic N) is 6. The number of carbonyl (C=O) groups is 2. The summed E-state index contributed by atoms with van der Waals surface area (Å²) >= 11 is 0. The van der Waals surface area contributed by atoms with E-state index >= 15 is 0 Å². The summed E-state index contributed by atoms with van der Waals surface area (Å²) in [4.78, 5) is 33.0. The number of hydrogen-bond donors (Lipinski definition) is 0. The van der Waals surface area contributed by atoms with Gasteiger partial charge in [-0.25, -0.2) is 19.3 Å². The molecule has 0 bridgehead atoms. The number of benzene rings is 1. The number of cyclic esters (lactones) is 1. The predicted octanol–water partition coefficient (Wildman–Crippen LogP) is 3.05. The van der Waals surface area contributed by atoms with Gasteiger partial charge in [0.2, 0.25) is 0 Å². The maximum absolute atomic E-state index is 12.6. The van der Waals surface area contributed by atoms with Crippen molar-refractivity contribution in [1.29, 1.82) is 5.26 Å². The van der Waals surface area contributed by atoms with Crippen LogP contribution in [0.1, 0.15) is 49.8 Å². The van der Waals surface area contributed by atoms with E-state index in [4.69, 9.17) is 14.7 Å². The van der Waals surface area contributed by atoms with E-state index in [2.05, 4.69) is 21.1 Å². The van der Waals surface area contributed by atoms with Gasteiger partial charge in [0, 0.05) is 49.7 Å². The van der Waals surface area contributed by atoms with E-state index in [0.717, 1.165) is 27.8 Å². The van der Waals surface area contributed by atoms with Crippen molar-refractivity contribution in [2.45, 2.75) is 33.0 Å². The molecule has 0 unspecified atom stereocenters. The van der Waals surface area contributed by atoms with Gasteiger partial charge in [0.15, 0.2) is 5.82 Å². The van der Waals surface area contributed by atoms with Crippen LogP contribution in [-0.2, 0) is 22.6 Å². The Morgan fingerprint density at radius 3 is 2.86 bits per heavy atom. The molecule has 2 aliphatic heterocycles. The standard InChI is InChI=1S/C26H26N6O4/c1-16-8-24(28-11-19(16)9-27)32-13-18(10-29-32)12-30-6-7-31(26(34)35-3)23(14-30)20-4-5-21-22(17(20)2)15-36-25(21)33/h4-5,8,10-11,13,23H,6-7,12,14-15H2,1-3H3/t23-/m0/s1. The summed E-state index contributed by atoms with van der Waals surface area (Å²) in [5.41, 5.74) is 5.81. The van der Waals surface area contributed by atoms with Crippen LogP contribution in [-0.4, -0.2) is 63.4 Å². The first-order valence-corrected chi connectivity index (χ1v) is 11.7. The lowest BCUT2D eigenvalue weighted by Gasteiger charge is -2.41. The molecule has 5 rings (SSSR count). The lowest BCUT2D eigenvalue weighted by atomic mass is 9.92. The van der Waals surface area contributed by atoms with E-state index in [9.17, 15) is 9.59 Å². The molecule has 1 atom stereocenters. The second kappa shape index (κ2) is 9.43. The van der Waals surface area contributed by atoms with Gasteiger partial charge in [0.05, 0.1) is 30.5 Å². The third-order valence-corrected chi connectivity index (χ3v) is 6.93. The first-order valence-electron chi connectivity index (χ1n) is 11.7. The quantitative estimate of drug-likeness (QED) is 0.517. The second-order valence-corrected chi connectivity index (χ2v) is 9.06. The molecule has 0 radical (unpaired) electrons. The number of hydrogen-bond acceptors (Lipinski definition) is 8. The third-order valence-electron chi connectivity index (χ3n) is 6.93. The fourth-order valence-electron chi connectivity index (χ4n) is 4.92. The van der Waals surface area contributed by atoms with Gasteiger partial charge in [0.25, 0.3) is 0 Å². The summed E-state index contributed by atoms with van der Waals surface area (Å²) in [5.74, 6) is 0.343. The Bertz CT molecular complexity index is 1390. The van der Waals surface area contributed by atoms with Gasteiger partial charge < -0.3 is 9.47 Å². The van der Waals surface area contributed by atoms with Crippen molar-refractivity contribution < 1.29 is 19.1 Å².